The average Bonchev–Trinajstić information content (AvgIpc) is 2.74. The highest BCUT2D eigenvalue weighted by Gasteiger charge is 2.18. The van der Waals surface area contributed by atoms with Crippen molar-refractivity contribution in [1.82, 2.24) is 4.98 Å². The zero-order valence-electron chi connectivity index (χ0n) is 9.44. The summed E-state index contributed by atoms with van der Waals surface area (Å²) in [5, 5.41) is 0.639. The molecule has 1 aromatic heterocycles. The Kier molecular flexibility index (Phi) is 2.82. The maximum Gasteiger partial charge on any atom is 0.355 e. The zero-order valence-corrected chi connectivity index (χ0v) is 9.44. The molecular formula is C12H11NO4. The lowest BCUT2D eigenvalue weighted by molar-refractivity contribution is 0.0593. The minimum atomic E-state index is -0.567. The summed E-state index contributed by atoms with van der Waals surface area (Å²) in [6, 6.07) is 5.18. The van der Waals surface area contributed by atoms with E-state index in [1.165, 1.54) is 14.2 Å². The standard InChI is InChI=1S/C12H11NO4/c1-16-7-3-4-10-8(5-7)9(6-14)11(13-10)12(15)17-2/h3-6,13H,1-2H3. The summed E-state index contributed by atoms with van der Waals surface area (Å²) in [4.78, 5) is 25.4. The number of nitrogens with one attached hydrogen (secondary N) is 1. The number of aldehydes is 1. The Morgan fingerprint density at radius 2 is 2.12 bits per heavy atom. The molecule has 0 aliphatic heterocycles. The van der Waals surface area contributed by atoms with Crippen LogP contribution < -0.4 is 4.74 Å². The summed E-state index contributed by atoms with van der Waals surface area (Å²) in [5.74, 6) is 0.0540. The van der Waals surface area contributed by atoms with Crippen LogP contribution in [0.4, 0.5) is 0 Å². The number of esters is 1. The lowest BCUT2D eigenvalue weighted by Crippen LogP contribution is -2.04. The molecule has 0 radical (unpaired) electrons. The van der Waals surface area contributed by atoms with Crippen LogP contribution in [0.1, 0.15) is 20.8 Å². The van der Waals surface area contributed by atoms with Gasteiger partial charge in [-0.3, -0.25) is 4.79 Å². The van der Waals surface area contributed by atoms with Gasteiger partial charge in [-0.2, -0.15) is 0 Å². The monoisotopic (exact) mass is 233 g/mol. The number of aromatic amines is 1. The molecule has 0 saturated carbocycles. The van der Waals surface area contributed by atoms with E-state index in [0.29, 0.717) is 22.9 Å². The van der Waals surface area contributed by atoms with Crippen molar-refractivity contribution < 1.29 is 19.1 Å². The van der Waals surface area contributed by atoms with E-state index in [2.05, 4.69) is 9.72 Å². The minimum absolute atomic E-state index is 0.158. The number of rotatable bonds is 3. The first-order valence-electron chi connectivity index (χ1n) is 4.94. The summed E-state index contributed by atoms with van der Waals surface area (Å²) in [7, 11) is 2.80. The Hall–Kier alpha value is -2.30. The van der Waals surface area contributed by atoms with Crippen molar-refractivity contribution in [2.45, 2.75) is 0 Å². The predicted molar refractivity (Wildman–Crippen MR) is 61.6 cm³/mol. The SMILES string of the molecule is COC(=O)c1[nH]c2ccc(OC)cc2c1C=O. The summed E-state index contributed by atoms with van der Waals surface area (Å²) in [6.07, 6.45) is 0.629. The van der Waals surface area contributed by atoms with Gasteiger partial charge < -0.3 is 14.5 Å². The number of carbonyl (C=O) groups excluding carboxylic acids is 2. The maximum absolute atomic E-state index is 11.5. The molecule has 0 saturated heterocycles. The van der Waals surface area contributed by atoms with Crippen LogP contribution in [0.2, 0.25) is 0 Å². The largest absolute Gasteiger partial charge is 0.497 e. The molecule has 2 rings (SSSR count). The van der Waals surface area contributed by atoms with E-state index >= 15 is 0 Å². The number of hydrogen-bond acceptors (Lipinski definition) is 4. The van der Waals surface area contributed by atoms with Crippen molar-refractivity contribution >= 4 is 23.2 Å². The van der Waals surface area contributed by atoms with Crippen LogP contribution in [0.3, 0.4) is 0 Å². The fourth-order valence-corrected chi connectivity index (χ4v) is 1.70. The van der Waals surface area contributed by atoms with Crippen molar-refractivity contribution in [3.63, 3.8) is 0 Å². The second-order valence-corrected chi connectivity index (χ2v) is 3.43. The molecule has 2 aromatic rings. The first kappa shape index (κ1) is 11.2. The molecule has 0 atom stereocenters. The number of aromatic nitrogens is 1. The molecule has 5 heteroatoms. The number of hydrogen-bond donors (Lipinski definition) is 1. The topological polar surface area (TPSA) is 68.4 Å². The van der Waals surface area contributed by atoms with Crippen molar-refractivity contribution in [3.05, 3.63) is 29.5 Å². The molecular weight excluding hydrogens is 222 g/mol. The molecule has 0 fully saturated rings. The number of fused-ring (bicyclic) bond motifs is 1. The Morgan fingerprint density at radius 3 is 2.71 bits per heavy atom. The molecule has 0 spiro atoms. The highest BCUT2D eigenvalue weighted by molar-refractivity contribution is 6.08. The van der Waals surface area contributed by atoms with E-state index in [9.17, 15) is 9.59 Å². The van der Waals surface area contributed by atoms with E-state index in [-0.39, 0.29) is 11.3 Å². The van der Waals surface area contributed by atoms with Crippen LogP contribution in [0.5, 0.6) is 5.75 Å². The summed E-state index contributed by atoms with van der Waals surface area (Å²) in [6.45, 7) is 0. The van der Waals surface area contributed by atoms with Crippen molar-refractivity contribution in [1.29, 1.82) is 0 Å². The van der Waals surface area contributed by atoms with Crippen molar-refractivity contribution in [2.24, 2.45) is 0 Å². The van der Waals surface area contributed by atoms with Gasteiger partial charge >= 0.3 is 5.97 Å². The van der Waals surface area contributed by atoms with Crippen LogP contribution in [-0.4, -0.2) is 31.5 Å². The number of ether oxygens (including phenoxy) is 2. The Morgan fingerprint density at radius 1 is 1.35 bits per heavy atom. The van der Waals surface area contributed by atoms with E-state index < -0.39 is 5.97 Å². The normalized spacial score (nSPS) is 10.2. The Bertz CT molecular complexity index is 585. The van der Waals surface area contributed by atoms with Gasteiger partial charge in [0.25, 0.3) is 0 Å². The summed E-state index contributed by atoms with van der Waals surface area (Å²) in [5.41, 5.74) is 1.13. The van der Waals surface area contributed by atoms with Crippen LogP contribution in [-0.2, 0) is 4.74 Å². The molecule has 0 aliphatic rings. The van der Waals surface area contributed by atoms with E-state index in [0.717, 1.165) is 0 Å². The average molecular weight is 233 g/mol. The van der Waals surface area contributed by atoms with E-state index in [1.807, 2.05) is 0 Å². The molecule has 88 valence electrons. The smallest absolute Gasteiger partial charge is 0.355 e. The summed E-state index contributed by atoms with van der Waals surface area (Å²) < 4.78 is 9.68. The van der Waals surface area contributed by atoms with E-state index in [4.69, 9.17) is 4.74 Å². The number of carbonyl (C=O) groups is 2. The molecule has 1 aromatic carbocycles. The zero-order chi connectivity index (χ0) is 12.4. The third-order valence-corrected chi connectivity index (χ3v) is 2.55. The molecule has 0 bridgehead atoms. The third-order valence-electron chi connectivity index (χ3n) is 2.55. The lowest BCUT2D eigenvalue weighted by atomic mass is 10.1. The van der Waals surface area contributed by atoms with Crippen molar-refractivity contribution in [2.75, 3.05) is 14.2 Å². The molecule has 1 N–H and O–H groups in total. The van der Waals surface area contributed by atoms with Gasteiger partial charge in [-0.15, -0.1) is 0 Å². The van der Waals surface area contributed by atoms with Crippen molar-refractivity contribution in [3.8, 4) is 5.75 Å². The van der Waals surface area contributed by atoms with Gasteiger partial charge in [0.2, 0.25) is 0 Å². The van der Waals surface area contributed by atoms with Gasteiger partial charge in [-0.1, -0.05) is 0 Å². The van der Waals surface area contributed by atoms with Crippen LogP contribution in [0, 0.1) is 0 Å². The maximum atomic E-state index is 11.5. The van der Waals surface area contributed by atoms with Gasteiger partial charge in [-0.05, 0) is 18.2 Å². The van der Waals surface area contributed by atoms with Gasteiger partial charge in [0.1, 0.15) is 11.4 Å². The molecule has 0 amide bonds. The first-order chi connectivity index (χ1) is 8.21. The second kappa shape index (κ2) is 4.29. The lowest BCUT2D eigenvalue weighted by Gasteiger charge is -1.98. The molecule has 0 unspecified atom stereocenters. The highest BCUT2D eigenvalue weighted by Crippen LogP contribution is 2.25. The van der Waals surface area contributed by atoms with Crippen LogP contribution in [0.15, 0.2) is 18.2 Å². The minimum Gasteiger partial charge on any atom is -0.497 e. The van der Waals surface area contributed by atoms with Gasteiger partial charge in [0.05, 0.1) is 19.8 Å². The molecule has 0 aliphatic carbocycles. The number of benzene rings is 1. The quantitative estimate of drug-likeness (QED) is 0.648. The van der Waals surface area contributed by atoms with Gasteiger partial charge in [0, 0.05) is 10.9 Å². The fourth-order valence-electron chi connectivity index (χ4n) is 1.70. The Labute approximate surface area is 97.3 Å². The summed E-state index contributed by atoms with van der Waals surface area (Å²) >= 11 is 0. The fraction of sp³-hybridized carbons (Fsp3) is 0.167. The number of methoxy groups -OCH3 is 2. The highest BCUT2D eigenvalue weighted by atomic mass is 16.5. The predicted octanol–water partition coefficient (Wildman–Crippen LogP) is 1.78. The molecule has 1 heterocycles. The van der Waals surface area contributed by atoms with Gasteiger partial charge in [-0.25, -0.2) is 4.79 Å². The third kappa shape index (κ3) is 1.75. The first-order valence-corrected chi connectivity index (χ1v) is 4.94. The molecule has 5 nitrogen and oxygen atoms in total. The van der Waals surface area contributed by atoms with Crippen LogP contribution in [0.25, 0.3) is 10.9 Å². The molecule has 17 heavy (non-hydrogen) atoms. The number of H-pyrrole nitrogens is 1. The van der Waals surface area contributed by atoms with Crippen LogP contribution >= 0.6 is 0 Å². The van der Waals surface area contributed by atoms with E-state index in [1.54, 1.807) is 18.2 Å². The second-order valence-electron chi connectivity index (χ2n) is 3.43. The Balaban J connectivity index is 2.71. The van der Waals surface area contributed by atoms with Gasteiger partial charge in [0.15, 0.2) is 6.29 Å².